The Kier molecular flexibility index (Phi) is 4.91. The van der Waals surface area contributed by atoms with Gasteiger partial charge >= 0.3 is 0 Å². The van der Waals surface area contributed by atoms with E-state index in [1.54, 1.807) is 0 Å². The van der Waals surface area contributed by atoms with Gasteiger partial charge in [0.25, 0.3) is 0 Å². The highest BCUT2D eigenvalue weighted by molar-refractivity contribution is 5.85. The highest BCUT2D eigenvalue weighted by Crippen LogP contribution is 2.36. The first-order valence-corrected chi connectivity index (χ1v) is 7.34. The maximum Gasteiger partial charge on any atom is 0.226 e. The summed E-state index contributed by atoms with van der Waals surface area (Å²) >= 11 is 0. The zero-order chi connectivity index (χ0) is 11.7. The van der Waals surface area contributed by atoms with E-state index in [0.717, 1.165) is 50.9 Å². The van der Waals surface area contributed by atoms with Crippen LogP contribution in [0.15, 0.2) is 0 Å². The van der Waals surface area contributed by atoms with Gasteiger partial charge in [0.15, 0.2) is 0 Å². The molecule has 0 bridgehead atoms. The molecule has 3 rings (SSSR count). The van der Waals surface area contributed by atoms with E-state index in [-0.39, 0.29) is 18.3 Å². The summed E-state index contributed by atoms with van der Waals surface area (Å²) in [5.41, 5.74) is 0. The van der Waals surface area contributed by atoms with Crippen LogP contribution in [-0.2, 0) is 4.79 Å². The number of piperidine rings is 1. The predicted molar refractivity (Wildman–Crippen MR) is 74.9 cm³/mol. The van der Waals surface area contributed by atoms with Gasteiger partial charge in [-0.2, -0.15) is 0 Å². The Morgan fingerprint density at radius 2 is 1.67 bits per heavy atom. The third kappa shape index (κ3) is 2.83. The number of carbonyl (C=O) groups is 1. The van der Waals surface area contributed by atoms with Gasteiger partial charge in [0, 0.05) is 19.6 Å². The van der Waals surface area contributed by atoms with Crippen molar-refractivity contribution in [3.05, 3.63) is 0 Å². The maximum absolute atomic E-state index is 12.4. The molecule has 1 amide bonds. The van der Waals surface area contributed by atoms with Crippen molar-refractivity contribution in [1.82, 2.24) is 10.2 Å². The van der Waals surface area contributed by atoms with E-state index in [1.165, 1.54) is 25.7 Å². The Labute approximate surface area is 116 Å². The van der Waals surface area contributed by atoms with Crippen molar-refractivity contribution in [2.75, 3.05) is 26.2 Å². The van der Waals surface area contributed by atoms with Gasteiger partial charge in [-0.3, -0.25) is 4.79 Å². The second-order valence-corrected chi connectivity index (χ2v) is 6.09. The van der Waals surface area contributed by atoms with Gasteiger partial charge in [0.05, 0.1) is 5.92 Å². The Balaban J connectivity index is 0.00000120. The van der Waals surface area contributed by atoms with E-state index in [1.807, 2.05) is 0 Å². The maximum atomic E-state index is 12.4. The number of hydrogen-bond donors (Lipinski definition) is 1. The molecule has 2 saturated heterocycles. The number of carbonyl (C=O) groups excluding carboxylic acids is 1. The molecule has 3 fully saturated rings. The SMILES string of the molecule is Cl.O=C([C@@H]1CCCNC1)N1CC2CCCCC2C1. The average molecular weight is 273 g/mol. The minimum Gasteiger partial charge on any atom is -0.342 e. The van der Waals surface area contributed by atoms with E-state index >= 15 is 0 Å². The molecule has 3 aliphatic rings. The minimum absolute atomic E-state index is 0. The smallest absolute Gasteiger partial charge is 0.226 e. The second kappa shape index (κ2) is 6.25. The van der Waals surface area contributed by atoms with Gasteiger partial charge in [0.1, 0.15) is 0 Å². The molecule has 1 saturated carbocycles. The summed E-state index contributed by atoms with van der Waals surface area (Å²) in [6.07, 6.45) is 7.74. The largest absolute Gasteiger partial charge is 0.342 e. The predicted octanol–water partition coefficient (Wildman–Crippen LogP) is 2.06. The van der Waals surface area contributed by atoms with Crippen LogP contribution in [0.3, 0.4) is 0 Å². The van der Waals surface area contributed by atoms with Crippen LogP contribution < -0.4 is 5.32 Å². The molecule has 0 aromatic heterocycles. The molecule has 0 radical (unpaired) electrons. The highest BCUT2D eigenvalue weighted by Gasteiger charge is 2.38. The topological polar surface area (TPSA) is 32.3 Å². The van der Waals surface area contributed by atoms with Crippen LogP contribution >= 0.6 is 12.4 Å². The molecule has 0 spiro atoms. The summed E-state index contributed by atoms with van der Waals surface area (Å²) in [6.45, 7) is 4.11. The molecule has 2 heterocycles. The van der Waals surface area contributed by atoms with E-state index < -0.39 is 0 Å². The van der Waals surface area contributed by atoms with Crippen molar-refractivity contribution in [3.8, 4) is 0 Å². The molecule has 4 heteroatoms. The van der Waals surface area contributed by atoms with Crippen LogP contribution in [0.4, 0.5) is 0 Å². The number of rotatable bonds is 1. The molecule has 3 nitrogen and oxygen atoms in total. The van der Waals surface area contributed by atoms with Gasteiger partial charge < -0.3 is 10.2 Å². The molecular weight excluding hydrogens is 248 g/mol. The van der Waals surface area contributed by atoms with E-state index in [2.05, 4.69) is 10.2 Å². The lowest BCUT2D eigenvalue weighted by Crippen LogP contribution is -2.42. The summed E-state index contributed by atoms with van der Waals surface area (Å²) in [4.78, 5) is 14.6. The number of amides is 1. The standard InChI is InChI=1S/C14H24N2O.ClH/c17-14(11-6-3-7-15-8-11)16-9-12-4-1-2-5-13(12)10-16;/h11-13,15H,1-10H2;1H/t11-,12?,13?;/m1./s1. The lowest BCUT2D eigenvalue weighted by molar-refractivity contribution is -0.135. The van der Waals surface area contributed by atoms with Crippen molar-refractivity contribution in [3.63, 3.8) is 0 Å². The second-order valence-electron chi connectivity index (χ2n) is 6.09. The molecule has 3 atom stereocenters. The summed E-state index contributed by atoms with van der Waals surface area (Å²) < 4.78 is 0. The normalized spacial score (nSPS) is 35.8. The number of fused-ring (bicyclic) bond motifs is 1. The Hall–Kier alpha value is -0.280. The van der Waals surface area contributed by atoms with Crippen molar-refractivity contribution in [2.24, 2.45) is 17.8 Å². The van der Waals surface area contributed by atoms with Crippen LogP contribution in [0.25, 0.3) is 0 Å². The number of nitrogens with zero attached hydrogens (tertiary/aromatic N) is 1. The van der Waals surface area contributed by atoms with Crippen LogP contribution in [0, 0.1) is 17.8 Å². The fourth-order valence-electron chi connectivity index (χ4n) is 3.91. The van der Waals surface area contributed by atoms with E-state index in [4.69, 9.17) is 0 Å². The zero-order valence-electron chi connectivity index (χ0n) is 11.1. The molecule has 104 valence electrons. The molecule has 0 aromatic rings. The summed E-state index contributed by atoms with van der Waals surface area (Å²) in [5.74, 6) is 2.35. The Bertz CT molecular complexity index is 278. The quantitative estimate of drug-likeness (QED) is 0.793. The average Bonchev–Trinajstić information content (AvgIpc) is 2.82. The number of halogens is 1. The Morgan fingerprint density at radius 1 is 1.00 bits per heavy atom. The molecular formula is C14H25ClN2O. The number of likely N-dealkylation sites (tertiary alicyclic amines) is 1. The van der Waals surface area contributed by atoms with Gasteiger partial charge in [0.2, 0.25) is 5.91 Å². The van der Waals surface area contributed by atoms with Gasteiger partial charge in [-0.1, -0.05) is 12.8 Å². The summed E-state index contributed by atoms with van der Waals surface area (Å²) in [6, 6.07) is 0. The summed E-state index contributed by atoms with van der Waals surface area (Å²) in [7, 11) is 0. The first-order valence-electron chi connectivity index (χ1n) is 7.34. The van der Waals surface area contributed by atoms with Crippen molar-refractivity contribution in [2.45, 2.75) is 38.5 Å². The fourth-order valence-corrected chi connectivity index (χ4v) is 3.91. The lowest BCUT2D eigenvalue weighted by atomic mass is 9.82. The summed E-state index contributed by atoms with van der Waals surface area (Å²) in [5, 5.41) is 3.35. The molecule has 1 aliphatic carbocycles. The monoisotopic (exact) mass is 272 g/mol. The Morgan fingerprint density at radius 3 is 2.22 bits per heavy atom. The third-order valence-corrected chi connectivity index (χ3v) is 4.93. The molecule has 0 aromatic carbocycles. The third-order valence-electron chi connectivity index (χ3n) is 4.93. The number of nitrogens with one attached hydrogen (secondary N) is 1. The van der Waals surface area contributed by atoms with Crippen LogP contribution in [0.2, 0.25) is 0 Å². The van der Waals surface area contributed by atoms with Crippen LogP contribution in [0.5, 0.6) is 0 Å². The zero-order valence-corrected chi connectivity index (χ0v) is 11.9. The van der Waals surface area contributed by atoms with E-state index in [0.29, 0.717) is 5.91 Å². The minimum atomic E-state index is 0. The highest BCUT2D eigenvalue weighted by atomic mass is 35.5. The van der Waals surface area contributed by atoms with Gasteiger partial charge in [-0.15, -0.1) is 12.4 Å². The molecule has 2 aliphatic heterocycles. The molecule has 2 unspecified atom stereocenters. The lowest BCUT2D eigenvalue weighted by Gasteiger charge is -2.26. The van der Waals surface area contributed by atoms with Crippen LogP contribution in [-0.4, -0.2) is 37.0 Å². The van der Waals surface area contributed by atoms with E-state index in [9.17, 15) is 4.79 Å². The number of hydrogen-bond acceptors (Lipinski definition) is 2. The molecule has 18 heavy (non-hydrogen) atoms. The first-order chi connectivity index (χ1) is 8.34. The first kappa shape index (κ1) is 14.1. The van der Waals surface area contributed by atoms with Crippen molar-refractivity contribution in [1.29, 1.82) is 0 Å². The van der Waals surface area contributed by atoms with Crippen molar-refractivity contribution >= 4 is 18.3 Å². The van der Waals surface area contributed by atoms with Crippen molar-refractivity contribution < 1.29 is 4.79 Å². The van der Waals surface area contributed by atoms with Gasteiger partial charge in [-0.05, 0) is 44.1 Å². The van der Waals surface area contributed by atoms with Gasteiger partial charge in [-0.25, -0.2) is 0 Å². The molecule has 1 N–H and O–H groups in total. The van der Waals surface area contributed by atoms with Crippen LogP contribution in [0.1, 0.15) is 38.5 Å². The fraction of sp³-hybridized carbons (Fsp3) is 0.929.